The van der Waals surface area contributed by atoms with Crippen molar-refractivity contribution in [3.63, 3.8) is 0 Å². The van der Waals surface area contributed by atoms with Crippen LogP contribution in [0.2, 0.25) is 0 Å². The zero-order valence-corrected chi connectivity index (χ0v) is 14.3. The van der Waals surface area contributed by atoms with Crippen LogP contribution in [-0.4, -0.2) is 54.9 Å². The molecule has 1 aromatic heterocycles. The molecule has 2 amide bonds. The maximum absolute atomic E-state index is 12.3. The number of pyridine rings is 1. The molecule has 0 bridgehead atoms. The molecule has 6 nitrogen and oxygen atoms in total. The van der Waals surface area contributed by atoms with Gasteiger partial charge in [-0.3, -0.25) is 14.6 Å². The highest BCUT2D eigenvalue weighted by Crippen LogP contribution is 2.58. The van der Waals surface area contributed by atoms with Gasteiger partial charge < -0.3 is 15.5 Å². The second kappa shape index (κ2) is 7.30. The summed E-state index contributed by atoms with van der Waals surface area (Å²) >= 11 is 0. The van der Waals surface area contributed by atoms with E-state index in [9.17, 15) is 9.59 Å². The van der Waals surface area contributed by atoms with Gasteiger partial charge in [-0.15, -0.1) is 0 Å². The molecule has 1 aliphatic carbocycles. The van der Waals surface area contributed by atoms with E-state index in [1.807, 2.05) is 18.2 Å². The average Bonchev–Trinajstić information content (AvgIpc) is 3.31. The number of piperidine rings is 1. The topological polar surface area (TPSA) is 74.3 Å². The van der Waals surface area contributed by atoms with Crippen LogP contribution in [0.4, 0.5) is 0 Å². The zero-order valence-electron chi connectivity index (χ0n) is 14.3. The lowest BCUT2D eigenvalue weighted by molar-refractivity contribution is -0.132. The minimum absolute atomic E-state index is 0.0448. The number of nitrogens with zero attached hydrogens (tertiary/aromatic N) is 2. The molecule has 0 aromatic carbocycles. The van der Waals surface area contributed by atoms with Gasteiger partial charge in [-0.05, 0) is 49.9 Å². The minimum Gasteiger partial charge on any atom is -0.347 e. The molecule has 130 valence electrons. The van der Waals surface area contributed by atoms with E-state index in [1.165, 1.54) is 0 Å². The number of nitrogens with one attached hydrogen (secondary N) is 2. The SMILES string of the molecule is CN(CCc1ccccn1)C(=O)CNC(=O)C1CC12CCNCC2. The quantitative estimate of drug-likeness (QED) is 0.800. The first-order chi connectivity index (χ1) is 11.6. The molecular weight excluding hydrogens is 304 g/mol. The molecule has 3 rings (SSSR count). The van der Waals surface area contributed by atoms with Crippen LogP contribution in [-0.2, 0) is 16.0 Å². The van der Waals surface area contributed by atoms with Crippen LogP contribution in [0.1, 0.15) is 25.0 Å². The van der Waals surface area contributed by atoms with Crippen molar-refractivity contribution in [2.24, 2.45) is 11.3 Å². The highest BCUT2D eigenvalue weighted by molar-refractivity contribution is 5.87. The summed E-state index contributed by atoms with van der Waals surface area (Å²) < 4.78 is 0. The van der Waals surface area contributed by atoms with Gasteiger partial charge in [-0.1, -0.05) is 6.07 Å². The van der Waals surface area contributed by atoms with Gasteiger partial charge in [-0.2, -0.15) is 0 Å². The number of rotatable bonds is 6. The molecular formula is C18H26N4O2. The molecule has 24 heavy (non-hydrogen) atoms. The van der Waals surface area contributed by atoms with Crippen LogP contribution in [0.3, 0.4) is 0 Å². The van der Waals surface area contributed by atoms with Gasteiger partial charge >= 0.3 is 0 Å². The van der Waals surface area contributed by atoms with Gasteiger partial charge in [0.1, 0.15) is 0 Å². The van der Waals surface area contributed by atoms with Gasteiger partial charge in [0.15, 0.2) is 0 Å². The molecule has 2 fully saturated rings. The Labute approximate surface area is 143 Å². The molecule has 1 saturated carbocycles. The van der Waals surface area contributed by atoms with Crippen molar-refractivity contribution in [3.8, 4) is 0 Å². The maximum Gasteiger partial charge on any atom is 0.241 e. The fraction of sp³-hybridized carbons (Fsp3) is 0.611. The largest absolute Gasteiger partial charge is 0.347 e. The Bertz CT molecular complexity index is 584. The van der Waals surface area contributed by atoms with E-state index in [2.05, 4.69) is 15.6 Å². The van der Waals surface area contributed by atoms with Gasteiger partial charge in [0.25, 0.3) is 0 Å². The summed E-state index contributed by atoms with van der Waals surface area (Å²) in [5.41, 5.74) is 1.18. The number of aromatic nitrogens is 1. The van der Waals surface area contributed by atoms with E-state index in [4.69, 9.17) is 0 Å². The summed E-state index contributed by atoms with van der Waals surface area (Å²) in [6.07, 6.45) is 5.59. The monoisotopic (exact) mass is 330 g/mol. The maximum atomic E-state index is 12.3. The molecule has 1 spiro atoms. The van der Waals surface area contributed by atoms with Crippen LogP contribution < -0.4 is 10.6 Å². The predicted octanol–water partition coefficient (Wildman–Crippen LogP) is 0.588. The third-order valence-electron chi connectivity index (χ3n) is 5.37. The molecule has 2 aliphatic rings. The van der Waals surface area contributed by atoms with Crippen LogP contribution in [0.15, 0.2) is 24.4 Å². The molecule has 0 radical (unpaired) electrons. The van der Waals surface area contributed by atoms with Gasteiger partial charge in [0.05, 0.1) is 6.54 Å². The molecule has 1 atom stereocenters. The third kappa shape index (κ3) is 3.93. The van der Waals surface area contributed by atoms with Gasteiger partial charge in [0, 0.05) is 37.8 Å². The highest BCUT2D eigenvalue weighted by atomic mass is 16.2. The van der Waals surface area contributed by atoms with E-state index >= 15 is 0 Å². The average molecular weight is 330 g/mol. The second-order valence-corrected chi connectivity index (χ2v) is 6.97. The Morgan fingerprint density at radius 1 is 1.38 bits per heavy atom. The van der Waals surface area contributed by atoms with Crippen molar-refractivity contribution in [2.75, 3.05) is 33.2 Å². The summed E-state index contributed by atoms with van der Waals surface area (Å²) in [4.78, 5) is 30.3. The first-order valence-corrected chi connectivity index (χ1v) is 8.73. The fourth-order valence-corrected chi connectivity index (χ4v) is 3.57. The van der Waals surface area contributed by atoms with Crippen molar-refractivity contribution < 1.29 is 9.59 Å². The summed E-state index contributed by atoms with van der Waals surface area (Å²) in [5, 5.41) is 6.16. The fourth-order valence-electron chi connectivity index (χ4n) is 3.57. The van der Waals surface area contributed by atoms with Crippen molar-refractivity contribution in [1.29, 1.82) is 0 Å². The standard InChI is InChI=1S/C18H26N4O2/c1-22(11-5-14-4-2-3-8-20-14)16(23)13-21-17(24)15-12-18(15)6-9-19-10-7-18/h2-4,8,15,19H,5-7,9-13H2,1H3,(H,21,24). The summed E-state index contributed by atoms with van der Waals surface area (Å²) in [6, 6.07) is 5.77. The zero-order chi connectivity index (χ0) is 17.0. The Morgan fingerprint density at radius 3 is 2.88 bits per heavy atom. The van der Waals surface area contributed by atoms with Crippen molar-refractivity contribution in [1.82, 2.24) is 20.5 Å². The number of hydrogen-bond acceptors (Lipinski definition) is 4. The van der Waals surface area contributed by atoms with E-state index in [0.29, 0.717) is 6.54 Å². The number of hydrogen-bond donors (Lipinski definition) is 2. The lowest BCUT2D eigenvalue weighted by Crippen LogP contribution is -2.40. The second-order valence-electron chi connectivity index (χ2n) is 6.97. The molecule has 2 heterocycles. The predicted molar refractivity (Wildman–Crippen MR) is 91.2 cm³/mol. The molecule has 1 unspecified atom stereocenters. The van der Waals surface area contributed by atoms with Crippen LogP contribution in [0.5, 0.6) is 0 Å². The Hall–Kier alpha value is -1.95. The van der Waals surface area contributed by atoms with E-state index < -0.39 is 0 Å². The molecule has 1 saturated heterocycles. The summed E-state index contributed by atoms with van der Waals surface area (Å²) in [6.45, 7) is 2.69. The van der Waals surface area contributed by atoms with E-state index in [0.717, 1.165) is 44.5 Å². The lowest BCUT2D eigenvalue weighted by Gasteiger charge is -2.23. The van der Waals surface area contributed by atoms with Crippen molar-refractivity contribution in [3.05, 3.63) is 30.1 Å². The molecule has 1 aliphatic heterocycles. The number of likely N-dealkylation sites (N-methyl/N-ethyl adjacent to an activating group) is 1. The highest BCUT2D eigenvalue weighted by Gasteiger charge is 2.57. The smallest absolute Gasteiger partial charge is 0.241 e. The molecule has 6 heteroatoms. The van der Waals surface area contributed by atoms with E-state index in [-0.39, 0.29) is 29.7 Å². The lowest BCUT2D eigenvalue weighted by atomic mass is 9.92. The van der Waals surface area contributed by atoms with Crippen molar-refractivity contribution >= 4 is 11.8 Å². The van der Waals surface area contributed by atoms with Gasteiger partial charge in [-0.25, -0.2) is 0 Å². The first kappa shape index (κ1) is 16.9. The Kier molecular flexibility index (Phi) is 5.14. The number of carbonyl (C=O) groups excluding carboxylic acids is 2. The first-order valence-electron chi connectivity index (χ1n) is 8.73. The number of amides is 2. The Balaban J connectivity index is 1.38. The van der Waals surface area contributed by atoms with Crippen LogP contribution >= 0.6 is 0 Å². The minimum atomic E-state index is -0.0562. The van der Waals surface area contributed by atoms with Crippen LogP contribution in [0, 0.1) is 11.3 Å². The summed E-state index contributed by atoms with van der Waals surface area (Å²) in [5.74, 6) is 0.0916. The Morgan fingerprint density at radius 2 is 2.17 bits per heavy atom. The van der Waals surface area contributed by atoms with Gasteiger partial charge in [0.2, 0.25) is 11.8 Å². The third-order valence-corrected chi connectivity index (χ3v) is 5.37. The number of carbonyl (C=O) groups is 2. The molecule has 2 N–H and O–H groups in total. The van der Waals surface area contributed by atoms with Crippen LogP contribution in [0.25, 0.3) is 0 Å². The molecule has 1 aromatic rings. The van der Waals surface area contributed by atoms with E-state index in [1.54, 1.807) is 18.1 Å². The normalized spacial score (nSPS) is 21.3. The summed E-state index contributed by atoms with van der Waals surface area (Å²) in [7, 11) is 1.77. The van der Waals surface area contributed by atoms with Crippen molar-refractivity contribution in [2.45, 2.75) is 25.7 Å².